The lowest BCUT2D eigenvalue weighted by Crippen LogP contribution is -2.25. The zero-order valence-electron chi connectivity index (χ0n) is 22.4. The maximum absolute atomic E-state index is 7.00. The van der Waals surface area contributed by atoms with Gasteiger partial charge in [0.1, 0.15) is 29.3 Å². The number of aliphatic hydroxyl groups excluding tert-OH is 1. The van der Waals surface area contributed by atoms with Crippen molar-refractivity contribution in [3.05, 3.63) is 78.8 Å². The predicted octanol–water partition coefficient (Wildman–Crippen LogP) is 4.98. The minimum atomic E-state index is 0.528. The summed E-state index contributed by atoms with van der Waals surface area (Å²) in [6, 6.07) is 20.9. The lowest BCUT2D eigenvalue weighted by molar-refractivity contribution is 0.399. The number of aromatic nitrogens is 3. The van der Waals surface area contributed by atoms with Crippen LogP contribution in [-0.2, 0) is 6.54 Å². The van der Waals surface area contributed by atoms with Crippen molar-refractivity contribution in [2.45, 2.75) is 38.3 Å². The van der Waals surface area contributed by atoms with Crippen molar-refractivity contribution in [3.8, 4) is 11.5 Å². The highest BCUT2D eigenvalue weighted by Gasteiger charge is 2.26. The van der Waals surface area contributed by atoms with Crippen molar-refractivity contribution >= 4 is 16.9 Å². The van der Waals surface area contributed by atoms with E-state index in [0.717, 1.165) is 74.0 Å². The Labute approximate surface area is 225 Å². The third kappa shape index (κ3) is 7.31. The van der Waals surface area contributed by atoms with E-state index < -0.39 is 0 Å². The average Bonchev–Trinajstić information content (AvgIpc) is 3.62. The number of benzene rings is 2. The Balaban J connectivity index is 0.00000164. The summed E-state index contributed by atoms with van der Waals surface area (Å²) in [4.78, 5) is 8.88. The average molecular weight is 517 g/mol. The minimum Gasteiger partial charge on any atom is -0.457 e. The largest absolute Gasteiger partial charge is 0.457 e. The van der Waals surface area contributed by atoms with Crippen LogP contribution in [0.3, 0.4) is 0 Å². The van der Waals surface area contributed by atoms with Gasteiger partial charge in [-0.1, -0.05) is 30.3 Å². The molecule has 1 aliphatic rings. The molecule has 2 aromatic carbocycles. The lowest BCUT2D eigenvalue weighted by Gasteiger charge is -2.15. The first-order valence-corrected chi connectivity index (χ1v) is 13.5. The van der Waals surface area contributed by atoms with Gasteiger partial charge in [-0.15, -0.1) is 0 Å². The summed E-state index contributed by atoms with van der Waals surface area (Å²) in [7, 11) is 2.91. The molecule has 0 spiro atoms. The van der Waals surface area contributed by atoms with Gasteiger partial charge in [-0.25, -0.2) is 9.97 Å². The highest BCUT2D eigenvalue weighted by Crippen LogP contribution is 2.36. The summed E-state index contributed by atoms with van der Waals surface area (Å²) in [6.45, 7) is 4.02. The number of fused-ring (bicyclic) bond motifs is 1. The Morgan fingerprint density at radius 3 is 2.47 bits per heavy atom. The zero-order chi connectivity index (χ0) is 26.6. The van der Waals surface area contributed by atoms with Crippen LogP contribution < -0.4 is 20.7 Å². The molecule has 0 saturated heterocycles. The third-order valence-electron chi connectivity index (χ3n) is 7.02. The second-order valence-electron chi connectivity index (χ2n) is 9.56. The molecule has 0 amide bonds. The molecule has 4 N–H and O–H groups in total. The molecule has 2 aromatic heterocycles. The lowest BCUT2D eigenvalue weighted by atomic mass is 10.1. The van der Waals surface area contributed by atoms with Gasteiger partial charge < -0.3 is 30.4 Å². The van der Waals surface area contributed by atoms with Gasteiger partial charge in [0.25, 0.3) is 0 Å². The van der Waals surface area contributed by atoms with Gasteiger partial charge in [-0.2, -0.15) is 0 Å². The van der Waals surface area contributed by atoms with Crippen LogP contribution in [0.2, 0.25) is 0 Å². The minimum absolute atomic E-state index is 0.528. The van der Waals surface area contributed by atoms with Crippen molar-refractivity contribution < 1.29 is 9.84 Å². The van der Waals surface area contributed by atoms with Gasteiger partial charge in [0, 0.05) is 32.9 Å². The van der Waals surface area contributed by atoms with Crippen LogP contribution >= 0.6 is 0 Å². The SMILES string of the molecule is CNc1ncnc2c1ccn2C1CCC(CNCCCNCc2ccc(Oc3ccccc3)cc2)C1.CO. The molecule has 2 unspecified atom stereocenters. The van der Waals surface area contributed by atoms with Gasteiger partial charge in [-0.05, 0) is 87.1 Å². The van der Waals surface area contributed by atoms with Crippen LogP contribution in [0.15, 0.2) is 73.2 Å². The summed E-state index contributed by atoms with van der Waals surface area (Å²) in [5.74, 6) is 3.35. The molecule has 0 aliphatic heterocycles. The number of nitrogens with zero attached hydrogens (tertiary/aromatic N) is 3. The van der Waals surface area contributed by atoms with E-state index in [1.807, 2.05) is 49.5 Å². The van der Waals surface area contributed by atoms with Crippen LogP contribution in [0.5, 0.6) is 11.5 Å². The Hall–Kier alpha value is -3.46. The van der Waals surface area contributed by atoms with Crippen molar-refractivity contribution in [2.24, 2.45) is 5.92 Å². The van der Waals surface area contributed by atoms with Gasteiger partial charge in [-0.3, -0.25) is 0 Å². The van der Waals surface area contributed by atoms with E-state index in [1.165, 1.54) is 24.8 Å². The standard InChI is InChI=1S/C29H36N6O.CH4O/c1-30-28-27-14-17-35(29(27)34-21-33-28)24-11-8-23(18-24)20-32-16-5-15-31-19-22-9-12-26(13-10-22)36-25-6-3-2-4-7-25;1-2/h2-4,6-7,9-10,12-14,17,21,23-24,31-32H,5,8,11,15-16,18-20H2,1H3,(H,30,33,34);2H,1H3. The smallest absolute Gasteiger partial charge is 0.145 e. The molecule has 5 rings (SSSR count). The second-order valence-corrected chi connectivity index (χ2v) is 9.56. The third-order valence-corrected chi connectivity index (χ3v) is 7.02. The van der Waals surface area contributed by atoms with Crippen molar-refractivity contribution in [1.82, 2.24) is 25.2 Å². The van der Waals surface area contributed by atoms with Crippen molar-refractivity contribution in [1.29, 1.82) is 0 Å². The molecule has 1 aliphatic carbocycles. The first-order valence-electron chi connectivity index (χ1n) is 13.5. The van der Waals surface area contributed by atoms with Gasteiger partial charge >= 0.3 is 0 Å². The predicted molar refractivity (Wildman–Crippen MR) is 154 cm³/mol. The van der Waals surface area contributed by atoms with Gasteiger partial charge in [0.2, 0.25) is 0 Å². The quantitative estimate of drug-likeness (QED) is 0.197. The maximum atomic E-state index is 7.00. The van der Waals surface area contributed by atoms with E-state index in [0.29, 0.717) is 6.04 Å². The monoisotopic (exact) mass is 516 g/mol. The second kappa shape index (κ2) is 14.5. The molecule has 1 saturated carbocycles. The van der Waals surface area contributed by atoms with Gasteiger partial charge in [0.05, 0.1) is 5.39 Å². The summed E-state index contributed by atoms with van der Waals surface area (Å²) < 4.78 is 8.21. The Bertz CT molecular complexity index is 1230. The molecule has 8 nitrogen and oxygen atoms in total. The van der Waals surface area contributed by atoms with Crippen LogP contribution in [0.4, 0.5) is 5.82 Å². The molecular weight excluding hydrogens is 476 g/mol. The first-order chi connectivity index (χ1) is 18.8. The van der Waals surface area contributed by atoms with Crippen LogP contribution in [-0.4, -0.2) is 53.4 Å². The normalized spacial score (nSPS) is 16.7. The van der Waals surface area contributed by atoms with Crippen LogP contribution in [0.25, 0.3) is 11.0 Å². The molecule has 38 heavy (non-hydrogen) atoms. The molecule has 0 bridgehead atoms. The maximum Gasteiger partial charge on any atom is 0.145 e. The van der Waals surface area contributed by atoms with Crippen LogP contribution in [0.1, 0.15) is 37.3 Å². The number of nitrogens with one attached hydrogen (secondary N) is 3. The first kappa shape index (κ1) is 27.6. The van der Waals surface area contributed by atoms with E-state index in [4.69, 9.17) is 9.84 Å². The summed E-state index contributed by atoms with van der Waals surface area (Å²) in [5.41, 5.74) is 2.31. The van der Waals surface area contributed by atoms with Gasteiger partial charge in [0.15, 0.2) is 0 Å². The number of anilines is 1. The Morgan fingerprint density at radius 1 is 0.921 bits per heavy atom. The fraction of sp³-hybridized carbons (Fsp3) is 0.400. The molecule has 0 radical (unpaired) electrons. The molecule has 8 heteroatoms. The van der Waals surface area contributed by atoms with Crippen molar-refractivity contribution in [3.63, 3.8) is 0 Å². The molecule has 1 fully saturated rings. The Morgan fingerprint density at radius 2 is 1.68 bits per heavy atom. The van der Waals surface area contributed by atoms with Crippen LogP contribution in [0, 0.1) is 5.92 Å². The van der Waals surface area contributed by atoms with E-state index in [-0.39, 0.29) is 0 Å². The molecule has 202 valence electrons. The zero-order valence-corrected chi connectivity index (χ0v) is 22.4. The Kier molecular flexibility index (Phi) is 10.5. The number of ether oxygens (including phenoxy) is 1. The van der Waals surface area contributed by atoms with E-state index >= 15 is 0 Å². The fourth-order valence-electron chi connectivity index (χ4n) is 5.13. The number of aliphatic hydroxyl groups is 1. The number of para-hydroxylation sites is 1. The fourth-order valence-corrected chi connectivity index (χ4v) is 5.13. The molecule has 4 aromatic rings. The van der Waals surface area contributed by atoms with E-state index in [2.05, 4.69) is 54.9 Å². The molecular formula is C30H40N6O2. The summed E-state index contributed by atoms with van der Waals surface area (Å²) >= 11 is 0. The van der Waals surface area contributed by atoms with Crippen molar-refractivity contribution in [2.75, 3.05) is 39.1 Å². The molecule has 2 atom stereocenters. The number of rotatable bonds is 12. The van der Waals surface area contributed by atoms with E-state index in [1.54, 1.807) is 6.33 Å². The summed E-state index contributed by atoms with van der Waals surface area (Å²) in [6.07, 6.45) is 8.64. The number of hydrogen-bond acceptors (Lipinski definition) is 7. The van der Waals surface area contributed by atoms with E-state index in [9.17, 15) is 0 Å². The number of hydrogen-bond donors (Lipinski definition) is 4. The highest BCUT2D eigenvalue weighted by molar-refractivity contribution is 5.87. The highest BCUT2D eigenvalue weighted by atomic mass is 16.5. The summed E-state index contributed by atoms with van der Waals surface area (Å²) in [5, 5.41) is 18.5. The topological polar surface area (TPSA) is 96.3 Å². The molecule has 2 heterocycles.